The van der Waals surface area contributed by atoms with Crippen LogP contribution in [0.1, 0.15) is 38.5 Å². The number of ether oxygens (including phenoxy) is 1. The molecular weight excluding hydrogens is 260 g/mol. The summed E-state index contributed by atoms with van der Waals surface area (Å²) in [5.74, 6) is -0.797. The van der Waals surface area contributed by atoms with Gasteiger partial charge in [-0.1, -0.05) is 19.3 Å². The van der Waals surface area contributed by atoms with Crippen molar-refractivity contribution in [3.8, 4) is 0 Å². The van der Waals surface area contributed by atoms with Gasteiger partial charge in [-0.15, -0.1) is 0 Å². The maximum atomic E-state index is 12.8. The van der Waals surface area contributed by atoms with Crippen LogP contribution in [-0.2, 0) is 14.3 Å². The Hall–Kier alpha value is -1.14. The van der Waals surface area contributed by atoms with E-state index in [9.17, 15) is 9.59 Å². The first-order valence-corrected chi connectivity index (χ1v) is 7.40. The van der Waals surface area contributed by atoms with Gasteiger partial charge < -0.3 is 20.5 Å². The van der Waals surface area contributed by atoms with Crippen LogP contribution in [0.3, 0.4) is 0 Å². The molecule has 1 saturated heterocycles. The van der Waals surface area contributed by atoms with Crippen LogP contribution in [0.4, 0.5) is 0 Å². The van der Waals surface area contributed by atoms with E-state index in [-0.39, 0.29) is 12.3 Å². The van der Waals surface area contributed by atoms with Crippen molar-refractivity contribution in [3.63, 3.8) is 0 Å². The number of hydrogen-bond donors (Lipinski definition) is 2. The number of carbonyl (C=O) groups is 2. The molecule has 0 spiro atoms. The number of amides is 1. The fourth-order valence-corrected chi connectivity index (χ4v) is 3.29. The van der Waals surface area contributed by atoms with E-state index in [1.54, 1.807) is 4.90 Å². The molecule has 2 fully saturated rings. The molecule has 2 aliphatic rings. The summed E-state index contributed by atoms with van der Waals surface area (Å²) in [7, 11) is 0. The summed E-state index contributed by atoms with van der Waals surface area (Å²) in [4.78, 5) is 25.3. The molecule has 1 heterocycles. The third kappa shape index (κ3) is 3.30. The van der Waals surface area contributed by atoms with Crippen LogP contribution < -0.4 is 5.73 Å². The van der Waals surface area contributed by atoms with Crippen molar-refractivity contribution in [2.24, 2.45) is 11.1 Å². The summed E-state index contributed by atoms with van der Waals surface area (Å²) < 4.78 is 5.42. The molecule has 0 aromatic heterocycles. The Balaban J connectivity index is 2.01. The van der Waals surface area contributed by atoms with Gasteiger partial charge in [0.1, 0.15) is 0 Å². The van der Waals surface area contributed by atoms with Crippen LogP contribution in [-0.4, -0.2) is 54.2 Å². The highest BCUT2D eigenvalue weighted by molar-refractivity contribution is 5.83. The third-order valence-electron chi connectivity index (χ3n) is 4.48. The summed E-state index contributed by atoms with van der Waals surface area (Å²) in [5.41, 5.74) is 5.46. The van der Waals surface area contributed by atoms with Gasteiger partial charge in [0.25, 0.3) is 0 Å². The van der Waals surface area contributed by atoms with Crippen molar-refractivity contribution >= 4 is 11.9 Å². The number of morpholine rings is 1. The zero-order valence-corrected chi connectivity index (χ0v) is 11.8. The van der Waals surface area contributed by atoms with E-state index in [0.29, 0.717) is 26.2 Å². The fourth-order valence-electron chi connectivity index (χ4n) is 3.29. The van der Waals surface area contributed by atoms with Gasteiger partial charge in [-0.3, -0.25) is 9.59 Å². The number of nitrogens with zero attached hydrogens (tertiary/aromatic N) is 1. The first-order chi connectivity index (χ1) is 9.57. The van der Waals surface area contributed by atoms with Crippen LogP contribution in [0.25, 0.3) is 0 Å². The van der Waals surface area contributed by atoms with Crippen LogP contribution >= 0.6 is 0 Å². The Morgan fingerprint density at radius 2 is 2.00 bits per heavy atom. The van der Waals surface area contributed by atoms with E-state index >= 15 is 0 Å². The summed E-state index contributed by atoms with van der Waals surface area (Å²) in [6, 6.07) is 0. The van der Waals surface area contributed by atoms with Crippen molar-refractivity contribution < 1.29 is 19.4 Å². The van der Waals surface area contributed by atoms with Gasteiger partial charge in [-0.25, -0.2) is 0 Å². The van der Waals surface area contributed by atoms with Crippen molar-refractivity contribution in [3.05, 3.63) is 0 Å². The summed E-state index contributed by atoms with van der Waals surface area (Å²) in [5, 5.41) is 8.83. The monoisotopic (exact) mass is 284 g/mol. The molecule has 6 nitrogen and oxygen atoms in total. The number of carbonyl (C=O) groups excluding carboxylic acids is 1. The minimum Gasteiger partial charge on any atom is -0.481 e. The van der Waals surface area contributed by atoms with Gasteiger partial charge in [-0.05, 0) is 12.8 Å². The lowest BCUT2D eigenvalue weighted by Gasteiger charge is -2.41. The second kappa shape index (κ2) is 6.54. The molecule has 114 valence electrons. The number of nitrogens with two attached hydrogens (primary N) is 1. The Kier molecular flexibility index (Phi) is 4.99. The molecule has 20 heavy (non-hydrogen) atoms. The Labute approximate surface area is 119 Å². The highest BCUT2D eigenvalue weighted by Crippen LogP contribution is 2.37. The first kappa shape index (κ1) is 15.3. The van der Waals surface area contributed by atoms with E-state index in [2.05, 4.69) is 0 Å². The predicted molar refractivity (Wildman–Crippen MR) is 73.1 cm³/mol. The van der Waals surface area contributed by atoms with Crippen molar-refractivity contribution in [2.45, 2.75) is 44.6 Å². The second-order valence-corrected chi connectivity index (χ2v) is 5.89. The Morgan fingerprint density at radius 3 is 2.60 bits per heavy atom. The van der Waals surface area contributed by atoms with Gasteiger partial charge in [0.15, 0.2) is 0 Å². The zero-order chi connectivity index (χ0) is 14.6. The van der Waals surface area contributed by atoms with E-state index in [1.807, 2.05) is 0 Å². The largest absolute Gasteiger partial charge is 0.481 e. The topological polar surface area (TPSA) is 92.9 Å². The predicted octanol–water partition coefficient (Wildman–Crippen LogP) is 0.598. The first-order valence-electron chi connectivity index (χ1n) is 7.40. The second-order valence-electron chi connectivity index (χ2n) is 5.89. The molecule has 1 aliphatic heterocycles. The highest BCUT2D eigenvalue weighted by atomic mass is 16.5. The molecule has 2 rings (SSSR count). The molecule has 1 saturated carbocycles. The number of hydrogen-bond acceptors (Lipinski definition) is 4. The van der Waals surface area contributed by atoms with Gasteiger partial charge in [0, 0.05) is 19.6 Å². The molecule has 3 N–H and O–H groups in total. The van der Waals surface area contributed by atoms with Gasteiger partial charge in [-0.2, -0.15) is 0 Å². The van der Waals surface area contributed by atoms with Crippen molar-refractivity contribution in [1.29, 1.82) is 0 Å². The highest BCUT2D eigenvalue weighted by Gasteiger charge is 2.42. The lowest BCUT2D eigenvalue weighted by atomic mass is 9.73. The average molecular weight is 284 g/mol. The van der Waals surface area contributed by atoms with E-state index in [1.165, 1.54) is 6.42 Å². The fraction of sp³-hybridized carbons (Fsp3) is 0.857. The molecule has 0 aromatic carbocycles. The molecule has 0 aromatic rings. The molecular formula is C14H24N2O4. The van der Waals surface area contributed by atoms with E-state index in [0.717, 1.165) is 25.7 Å². The maximum absolute atomic E-state index is 12.8. The van der Waals surface area contributed by atoms with Crippen LogP contribution in [0.15, 0.2) is 0 Å². The van der Waals surface area contributed by atoms with Gasteiger partial charge >= 0.3 is 5.97 Å². The quantitative estimate of drug-likeness (QED) is 0.788. The number of aliphatic carboxylic acids is 1. The Morgan fingerprint density at radius 1 is 1.30 bits per heavy atom. The van der Waals surface area contributed by atoms with Crippen molar-refractivity contribution in [1.82, 2.24) is 4.90 Å². The van der Waals surface area contributed by atoms with E-state index < -0.39 is 17.5 Å². The Bertz CT molecular complexity index is 366. The molecule has 6 heteroatoms. The summed E-state index contributed by atoms with van der Waals surface area (Å²) >= 11 is 0. The van der Waals surface area contributed by atoms with Crippen molar-refractivity contribution in [2.75, 3.05) is 26.2 Å². The van der Waals surface area contributed by atoms with Crippen LogP contribution in [0, 0.1) is 5.41 Å². The molecule has 1 aliphatic carbocycles. The smallest absolute Gasteiger partial charge is 0.306 e. The SMILES string of the molecule is NCC1(C(=O)N2CCOC(CC(=O)O)C2)CCCCC1. The molecule has 1 atom stereocenters. The number of carboxylic acid groups (broad SMARTS) is 1. The van der Waals surface area contributed by atoms with Gasteiger partial charge in [0.05, 0.1) is 24.5 Å². The normalized spacial score (nSPS) is 26.2. The maximum Gasteiger partial charge on any atom is 0.306 e. The zero-order valence-electron chi connectivity index (χ0n) is 11.8. The number of rotatable bonds is 4. The average Bonchev–Trinajstić information content (AvgIpc) is 2.47. The lowest BCUT2D eigenvalue weighted by molar-refractivity contribution is -0.155. The third-order valence-corrected chi connectivity index (χ3v) is 4.48. The lowest BCUT2D eigenvalue weighted by Crippen LogP contribution is -2.54. The molecule has 1 amide bonds. The molecule has 0 bridgehead atoms. The molecule has 1 unspecified atom stereocenters. The minimum absolute atomic E-state index is 0.0561. The summed E-state index contributed by atoms with van der Waals surface area (Å²) in [6.07, 6.45) is 4.51. The van der Waals surface area contributed by atoms with Crippen LogP contribution in [0.5, 0.6) is 0 Å². The number of carboxylic acids is 1. The van der Waals surface area contributed by atoms with Crippen LogP contribution in [0.2, 0.25) is 0 Å². The molecule has 0 radical (unpaired) electrons. The van der Waals surface area contributed by atoms with Gasteiger partial charge in [0.2, 0.25) is 5.91 Å². The standard InChI is InChI=1S/C14H24N2O4/c15-10-14(4-2-1-3-5-14)13(19)16-6-7-20-11(9-16)8-12(17)18/h11H,1-10,15H2,(H,17,18). The minimum atomic E-state index is -0.893. The van der Waals surface area contributed by atoms with E-state index in [4.69, 9.17) is 15.6 Å². The summed E-state index contributed by atoms with van der Waals surface area (Å²) in [6.45, 7) is 1.70.